The van der Waals surface area contributed by atoms with Crippen molar-refractivity contribution in [3.8, 4) is 0 Å². The molecule has 1 fully saturated rings. The Hall–Kier alpha value is -0.170. The maximum absolute atomic E-state index is 11.9. The van der Waals surface area contributed by atoms with E-state index in [1.165, 1.54) is 0 Å². The molecule has 0 radical (unpaired) electrons. The Morgan fingerprint density at radius 1 is 1.33 bits per heavy atom. The Morgan fingerprint density at radius 3 is 2.78 bits per heavy atom. The lowest BCUT2D eigenvalue weighted by Gasteiger charge is -2.27. The second kappa shape index (κ2) is 8.09. The van der Waals surface area contributed by atoms with Gasteiger partial charge in [-0.2, -0.15) is 0 Å². The van der Waals surface area contributed by atoms with E-state index in [0.717, 1.165) is 32.4 Å². The van der Waals surface area contributed by atoms with Crippen molar-refractivity contribution in [3.05, 3.63) is 0 Å². The third-order valence-corrected chi connectivity index (χ3v) is 4.62. The molecule has 1 rings (SSSR count). The van der Waals surface area contributed by atoms with Crippen molar-refractivity contribution in [2.45, 2.75) is 51.7 Å². The third-order valence-electron chi connectivity index (χ3n) is 3.10. The van der Waals surface area contributed by atoms with Gasteiger partial charge in [-0.15, -0.1) is 0 Å². The summed E-state index contributed by atoms with van der Waals surface area (Å²) in [6.07, 6.45) is 3.32. The highest BCUT2D eigenvalue weighted by Crippen LogP contribution is 2.14. The summed E-state index contributed by atoms with van der Waals surface area (Å²) in [6, 6.07) is 0.0486. The number of sulfonamides is 1. The molecular formula is C12H26N2O3S. The molecule has 0 aliphatic carbocycles. The Morgan fingerprint density at radius 2 is 2.11 bits per heavy atom. The number of hydrogen-bond donors (Lipinski definition) is 2. The zero-order chi connectivity index (χ0) is 13.4. The first-order valence-corrected chi connectivity index (χ1v) is 8.51. The minimum absolute atomic E-state index is 0.0486. The van der Waals surface area contributed by atoms with E-state index in [2.05, 4.69) is 10.0 Å². The summed E-state index contributed by atoms with van der Waals surface area (Å²) < 4.78 is 31.9. The molecule has 6 heteroatoms. The summed E-state index contributed by atoms with van der Waals surface area (Å²) in [4.78, 5) is 0. The van der Waals surface area contributed by atoms with Gasteiger partial charge in [-0.25, -0.2) is 13.1 Å². The lowest BCUT2D eigenvalue weighted by atomic mass is 10.1. The van der Waals surface area contributed by atoms with Crippen LogP contribution < -0.4 is 10.0 Å². The zero-order valence-corrected chi connectivity index (χ0v) is 12.3. The summed E-state index contributed by atoms with van der Waals surface area (Å²) >= 11 is 0. The van der Waals surface area contributed by atoms with Crippen LogP contribution in [0.3, 0.4) is 0 Å². The predicted octanol–water partition coefficient (Wildman–Crippen LogP) is 0.863. The van der Waals surface area contributed by atoms with Crippen LogP contribution in [0.5, 0.6) is 0 Å². The summed E-state index contributed by atoms with van der Waals surface area (Å²) in [5.74, 6) is 0.226. The van der Waals surface area contributed by atoms with Crippen molar-refractivity contribution in [2.75, 3.05) is 25.4 Å². The highest BCUT2D eigenvalue weighted by atomic mass is 32.2. The van der Waals surface area contributed by atoms with Crippen LogP contribution in [-0.4, -0.2) is 46.0 Å². The van der Waals surface area contributed by atoms with Gasteiger partial charge in [0.1, 0.15) is 0 Å². The molecule has 2 atom stereocenters. The fourth-order valence-corrected chi connectivity index (χ4v) is 3.56. The first-order chi connectivity index (χ1) is 8.53. The minimum Gasteiger partial charge on any atom is -0.378 e. The molecule has 0 saturated carbocycles. The number of unbranched alkanes of at least 4 members (excludes halogenated alkanes) is 1. The van der Waals surface area contributed by atoms with E-state index < -0.39 is 10.0 Å². The molecule has 108 valence electrons. The monoisotopic (exact) mass is 278 g/mol. The van der Waals surface area contributed by atoms with Crippen LogP contribution >= 0.6 is 0 Å². The van der Waals surface area contributed by atoms with E-state index in [9.17, 15) is 8.42 Å². The number of nitrogens with one attached hydrogen (secondary N) is 2. The van der Waals surface area contributed by atoms with Crippen LogP contribution in [0, 0.1) is 0 Å². The van der Waals surface area contributed by atoms with Gasteiger partial charge in [-0.05, 0) is 45.7 Å². The Bertz CT molecular complexity index is 319. The normalized spacial score (nSPS) is 25.2. The lowest BCUT2D eigenvalue weighted by Crippen LogP contribution is -2.42. The van der Waals surface area contributed by atoms with Crippen LogP contribution in [-0.2, 0) is 14.8 Å². The lowest BCUT2D eigenvalue weighted by molar-refractivity contribution is 0.0173. The van der Waals surface area contributed by atoms with Crippen LogP contribution in [0.2, 0.25) is 0 Å². The molecule has 0 aromatic carbocycles. The van der Waals surface area contributed by atoms with Gasteiger partial charge < -0.3 is 10.1 Å². The molecule has 2 unspecified atom stereocenters. The van der Waals surface area contributed by atoms with E-state index in [0.29, 0.717) is 13.0 Å². The summed E-state index contributed by atoms with van der Waals surface area (Å²) in [7, 11) is -3.13. The molecule has 5 nitrogen and oxygen atoms in total. The SMILES string of the molecule is CCNCCCCS(=O)(=O)NC1CCOC(C)C1. The maximum atomic E-state index is 11.9. The van der Waals surface area contributed by atoms with Crippen molar-refractivity contribution in [2.24, 2.45) is 0 Å². The van der Waals surface area contributed by atoms with Gasteiger partial charge >= 0.3 is 0 Å². The molecule has 0 aromatic heterocycles. The molecule has 1 aliphatic heterocycles. The van der Waals surface area contributed by atoms with Gasteiger partial charge in [-0.1, -0.05) is 6.92 Å². The first kappa shape index (κ1) is 15.9. The van der Waals surface area contributed by atoms with Gasteiger partial charge in [0.2, 0.25) is 10.0 Å². The Balaban J connectivity index is 2.22. The Labute approximate surface area is 111 Å². The van der Waals surface area contributed by atoms with Gasteiger partial charge in [-0.3, -0.25) is 0 Å². The second-order valence-corrected chi connectivity index (χ2v) is 6.77. The molecule has 0 aromatic rings. The maximum Gasteiger partial charge on any atom is 0.211 e. The molecule has 0 bridgehead atoms. The van der Waals surface area contributed by atoms with E-state index in [4.69, 9.17) is 4.74 Å². The largest absolute Gasteiger partial charge is 0.378 e. The molecule has 1 saturated heterocycles. The van der Waals surface area contributed by atoms with Crippen molar-refractivity contribution in [1.29, 1.82) is 0 Å². The highest BCUT2D eigenvalue weighted by Gasteiger charge is 2.23. The van der Waals surface area contributed by atoms with Crippen molar-refractivity contribution < 1.29 is 13.2 Å². The summed E-state index contributed by atoms with van der Waals surface area (Å²) in [6.45, 7) is 6.50. The Kier molecular flexibility index (Phi) is 7.14. The third kappa shape index (κ3) is 6.68. The fraction of sp³-hybridized carbons (Fsp3) is 1.00. The average Bonchev–Trinajstić information content (AvgIpc) is 2.28. The summed E-state index contributed by atoms with van der Waals surface area (Å²) in [5.41, 5.74) is 0. The van der Waals surface area contributed by atoms with Crippen LogP contribution in [0.1, 0.15) is 39.5 Å². The van der Waals surface area contributed by atoms with Crippen LogP contribution in [0.4, 0.5) is 0 Å². The summed E-state index contributed by atoms with van der Waals surface area (Å²) in [5, 5.41) is 3.19. The van der Waals surface area contributed by atoms with Gasteiger partial charge in [0, 0.05) is 12.6 Å². The number of ether oxygens (including phenoxy) is 1. The van der Waals surface area contributed by atoms with Crippen molar-refractivity contribution in [3.63, 3.8) is 0 Å². The zero-order valence-electron chi connectivity index (χ0n) is 11.4. The van der Waals surface area contributed by atoms with Crippen molar-refractivity contribution >= 4 is 10.0 Å². The molecule has 1 aliphatic rings. The average molecular weight is 278 g/mol. The van der Waals surface area contributed by atoms with Gasteiger partial charge in [0.05, 0.1) is 11.9 Å². The second-order valence-electron chi connectivity index (χ2n) is 4.90. The van der Waals surface area contributed by atoms with Gasteiger partial charge in [0.25, 0.3) is 0 Å². The number of rotatable bonds is 8. The van der Waals surface area contributed by atoms with Gasteiger partial charge in [0.15, 0.2) is 0 Å². The molecule has 0 spiro atoms. The predicted molar refractivity (Wildman–Crippen MR) is 73.1 cm³/mol. The van der Waals surface area contributed by atoms with E-state index in [1.807, 2.05) is 13.8 Å². The minimum atomic E-state index is -3.13. The first-order valence-electron chi connectivity index (χ1n) is 6.86. The van der Waals surface area contributed by atoms with Crippen LogP contribution in [0.25, 0.3) is 0 Å². The van der Waals surface area contributed by atoms with Crippen molar-refractivity contribution in [1.82, 2.24) is 10.0 Å². The number of hydrogen-bond acceptors (Lipinski definition) is 4. The molecule has 2 N–H and O–H groups in total. The highest BCUT2D eigenvalue weighted by molar-refractivity contribution is 7.89. The topological polar surface area (TPSA) is 67.4 Å². The molecule has 0 amide bonds. The van der Waals surface area contributed by atoms with E-state index in [-0.39, 0.29) is 17.9 Å². The molecule has 18 heavy (non-hydrogen) atoms. The standard InChI is InChI=1S/C12H26N2O3S/c1-3-13-7-4-5-9-18(15,16)14-12-6-8-17-11(2)10-12/h11-14H,3-10H2,1-2H3. The van der Waals surface area contributed by atoms with E-state index in [1.54, 1.807) is 0 Å². The van der Waals surface area contributed by atoms with E-state index >= 15 is 0 Å². The quantitative estimate of drug-likeness (QED) is 0.646. The van der Waals surface area contributed by atoms with Crippen LogP contribution in [0.15, 0.2) is 0 Å². The molecule has 1 heterocycles. The fourth-order valence-electron chi connectivity index (χ4n) is 2.14. The smallest absolute Gasteiger partial charge is 0.211 e. The molecular weight excluding hydrogens is 252 g/mol.